The summed E-state index contributed by atoms with van der Waals surface area (Å²) in [5, 5.41) is 7.83. The minimum absolute atomic E-state index is 0.294. The van der Waals surface area contributed by atoms with Crippen molar-refractivity contribution >= 4 is 0 Å². The zero-order chi connectivity index (χ0) is 13.0. The summed E-state index contributed by atoms with van der Waals surface area (Å²) in [6.07, 6.45) is 6.46. The maximum atomic E-state index is 4.37. The summed E-state index contributed by atoms with van der Waals surface area (Å²) >= 11 is 0. The van der Waals surface area contributed by atoms with E-state index >= 15 is 0 Å². The first-order valence-electron chi connectivity index (χ1n) is 6.29. The fourth-order valence-corrected chi connectivity index (χ4v) is 1.92. The van der Waals surface area contributed by atoms with Crippen LogP contribution >= 0.6 is 0 Å². The summed E-state index contributed by atoms with van der Waals surface area (Å²) in [6.45, 7) is 7.36. The molecule has 18 heavy (non-hydrogen) atoms. The highest BCUT2D eigenvalue weighted by Crippen LogP contribution is 2.18. The predicted molar refractivity (Wildman–Crippen MR) is 70.6 cm³/mol. The number of nitrogens with one attached hydrogen (secondary N) is 1. The van der Waals surface area contributed by atoms with E-state index in [4.69, 9.17) is 0 Å². The molecule has 5 nitrogen and oxygen atoms in total. The highest BCUT2D eigenvalue weighted by atomic mass is 15.3. The van der Waals surface area contributed by atoms with Crippen LogP contribution in [0.25, 0.3) is 5.95 Å². The van der Waals surface area contributed by atoms with E-state index in [1.807, 2.05) is 13.1 Å². The Kier molecular flexibility index (Phi) is 4.04. The van der Waals surface area contributed by atoms with Crippen LogP contribution in [0.3, 0.4) is 0 Å². The Hall–Kier alpha value is -1.75. The molecule has 96 valence electrons. The van der Waals surface area contributed by atoms with Crippen LogP contribution in [0, 0.1) is 6.92 Å². The van der Waals surface area contributed by atoms with Crippen LogP contribution in [0.2, 0.25) is 0 Å². The summed E-state index contributed by atoms with van der Waals surface area (Å²) in [4.78, 5) is 8.43. The number of rotatable bonds is 5. The van der Waals surface area contributed by atoms with E-state index in [1.165, 1.54) is 5.56 Å². The van der Waals surface area contributed by atoms with E-state index in [9.17, 15) is 0 Å². The number of nitrogens with zero attached hydrogens (tertiary/aromatic N) is 4. The molecule has 2 aromatic rings. The topological polar surface area (TPSA) is 55.6 Å². The maximum absolute atomic E-state index is 4.37. The quantitative estimate of drug-likeness (QED) is 0.875. The van der Waals surface area contributed by atoms with Gasteiger partial charge in [0.05, 0.1) is 6.20 Å². The van der Waals surface area contributed by atoms with Gasteiger partial charge in [0.2, 0.25) is 0 Å². The van der Waals surface area contributed by atoms with E-state index in [0.29, 0.717) is 12.0 Å². The van der Waals surface area contributed by atoms with Gasteiger partial charge in [-0.3, -0.25) is 0 Å². The van der Waals surface area contributed by atoms with Crippen molar-refractivity contribution < 1.29 is 0 Å². The van der Waals surface area contributed by atoms with Gasteiger partial charge >= 0.3 is 0 Å². The van der Waals surface area contributed by atoms with Gasteiger partial charge < -0.3 is 5.32 Å². The summed E-state index contributed by atoms with van der Waals surface area (Å²) in [5.41, 5.74) is 2.27. The minimum atomic E-state index is 0.294. The minimum Gasteiger partial charge on any atom is -0.310 e. The molecular weight excluding hydrogens is 226 g/mol. The third kappa shape index (κ3) is 2.56. The standard InChI is InChI=1S/C13H19N5/c1-4-6-14-10(2)12-9-17-18(11(12)3)13-15-7-5-8-16-13/h5,7-10,14H,4,6H2,1-3H3. The van der Waals surface area contributed by atoms with Crippen molar-refractivity contribution in [2.45, 2.75) is 33.2 Å². The van der Waals surface area contributed by atoms with Crippen LogP contribution in [0.4, 0.5) is 0 Å². The molecule has 1 N–H and O–H groups in total. The van der Waals surface area contributed by atoms with Gasteiger partial charge in [-0.15, -0.1) is 0 Å². The largest absolute Gasteiger partial charge is 0.310 e. The molecule has 1 unspecified atom stereocenters. The van der Waals surface area contributed by atoms with Crippen molar-refractivity contribution in [2.75, 3.05) is 6.54 Å². The average Bonchev–Trinajstić information content (AvgIpc) is 2.79. The molecule has 1 atom stereocenters. The van der Waals surface area contributed by atoms with Crippen molar-refractivity contribution in [3.8, 4) is 5.95 Å². The van der Waals surface area contributed by atoms with E-state index in [2.05, 4.69) is 34.2 Å². The fourth-order valence-electron chi connectivity index (χ4n) is 1.92. The summed E-state index contributed by atoms with van der Waals surface area (Å²) < 4.78 is 1.78. The molecule has 5 heteroatoms. The molecule has 0 aliphatic carbocycles. The molecule has 2 rings (SSSR count). The van der Waals surface area contributed by atoms with E-state index in [1.54, 1.807) is 23.1 Å². The average molecular weight is 245 g/mol. The second-order valence-electron chi connectivity index (χ2n) is 4.32. The molecule has 0 aliphatic rings. The number of hydrogen-bond donors (Lipinski definition) is 1. The van der Waals surface area contributed by atoms with Gasteiger partial charge in [0.15, 0.2) is 0 Å². The third-order valence-electron chi connectivity index (χ3n) is 2.96. The van der Waals surface area contributed by atoms with Crippen molar-refractivity contribution in [1.29, 1.82) is 0 Å². The van der Waals surface area contributed by atoms with Crippen LogP contribution in [-0.2, 0) is 0 Å². The van der Waals surface area contributed by atoms with E-state index in [0.717, 1.165) is 18.7 Å². The fraction of sp³-hybridized carbons (Fsp3) is 0.462. The van der Waals surface area contributed by atoms with Crippen molar-refractivity contribution in [2.24, 2.45) is 0 Å². The molecule has 0 radical (unpaired) electrons. The molecule has 0 spiro atoms. The van der Waals surface area contributed by atoms with Crippen molar-refractivity contribution in [1.82, 2.24) is 25.1 Å². The zero-order valence-electron chi connectivity index (χ0n) is 11.1. The first-order chi connectivity index (χ1) is 8.74. The van der Waals surface area contributed by atoms with Crippen LogP contribution in [0.5, 0.6) is 0 Å². The first kappa shape index (κ1) is 12.7. The Balaban J connectivity index is 2.24. The molecule has 0 aromatic carbocycles. The molecule has 0 amide bonds. The van der Waals surface area contributed by atoms with Crippen LogP contribution < -0.4 is 5.32 Å². The van der Waals surface area contributed by atoms with Crippen molar-refractivity contribution in [3.05, 3.63) is 35.9 Å². The van der Waals surface area contributed by atoms with Crippen LogP contribution in [0.15, 0.2) is 24.7 Å². The number of hydrogen-bond acceptors (Lipinski definition) is 4. The zero-order valence-corrected chi connectivity index (χ0v) is 11.1. The lowest BCUT2D eigenvalue weighted by Crippen LogP contribution is -2.19. The molecule has 2 heterocycles. The first-order valence-corrected chi connectivity index (χ1v) is 6.29. The molecule has 0 bridgehead atoms. The highest BCUT2D eigenvalue weighted by molar-refractivity contribution is 5.25. The lowest BCUT2D eigenvalue weighted by molar-refractivity contribution is 0.567. The van der Waals surface area contributed by atoms with Gasteiger partial charge in [-0.1, -0.05) is 6.92 Å². The number of aromatic nitrogens is 4. The van der Waals surface area contributed by atoms with Gasteiger partial charge in [-0.25, -0.2) is 14.6 Å². The SMILES string of the molecule is CCCNC(C)c1cnn(-c2ncccn2)c1C. The molecular formula is C13H19N5. The van der Waals surface area contributed by atoms with Gasteiger partial charge in [-0.2, -0.15) is 5.10 Å². The molecule has 0 saturated carbocycles. The van der Waals surface area contributed by atoms with E-state index < -0.39 is 0 Å². The second kappa shape index (κ2) is 5.73. The summed E-state index contributed by atoms with van der Waals surface area (Å²) in [5.74, 6) is 0.615. The predicted octanol–water partition coefficient (Wildman–Crippen LogP) is 2.03. The maximum Gasteiger partial charge on any atom is 0.250 e. The lowest BCUT2D eigenvalue weighted by Gasteiger charge is -2.12. The lowest BCUT2D eigenvalue weighted by atomic mass is 10.1. The Morgan fingerprint density at radius 2 is 2.06 bits per heavy atom. The smallest absolute Gasteiger partial charge is 0.250 e. The Morgan fingerprint density at radius 3 is 2.72 bits per heavy atom. The Labute approximate surface area is 107 Å². The van der Waals surface area contributed by atoms with E-state index in [-0.39, 0.29) is 0 Å². The Morgan fingerprint density at radius 1 is 1.33 bits per heavy atom. The summed E-state index contributed by atoms with van der Waals surface area (Å²) in [7, 11) is 0. The molecule has 0 fully saturated rings. The molecule has 0 saturated heterocycles. The van der Waals surface area contributed by atoms with Gasteiger partial charge in [-0.05, 0) is 32.9 Å². The highest BCUT2D eigenvalue weighted by Gasteiger charge is 2.14. The summed E-state index contributed by atoms with van der Waals surface area (Å²) in [6, 6.07) is 2.09. The van der Waals surface area contributed by atoms with Gasteiger partial charge in [0, 0.05) is 29.7 Å². The molecule has 0 aliphatic heterocycles. The second-order valence-corrected chi connectivity index (χ2v) is 4.32. The third-order valence-corrected chi connectivity index (χ3v) is 2.96. The van der Waals surface area contributed by atoms with Crippen LogP contribution in [0.1, 0.15) is 37.6 Å². The molecule has 2 aromatic heterocycles. The van der Waals surface area contributed by atoms with Crippen molar-refractivity contribution in [3.63, 3.8) is 0 Å². The van der Waals surface area contributed by atoms with Crippen LogP contribution in [-0.4, -0.2) is 26.3 Å². The van der Waals surface area contributed by atoms with Gasteiger partial charge in [0.1, 0.15) is 0 Å². The monoisotopic (exact) mass is 245 g/mol. The normalized spacial score (nSPS) is 12.6. The van der Waals surface area contributed by atoms with Gasteiger partial charge in [0.25, 0.3) is 5.95 Å². The Bertz CT molecular complexity index is 491.